The molecule has 0 saturated carbocycles. The summed E-state index contributed by atoms with van der Waals surface area (Å²) in [6.07, 6.45) is 6.07. The zero-order valence-corrected chi connectivity index (χ0v) is 15.3. The maximum Gasteiger partial charge on any atom is 0.271 e. The molecule has 3 heterocycles. The summed E-state index contributed by atoms with van der Waals surface area (Å²) in [5, 5.41) is 5.83. The molecule has 3 rings (SSSR count). The standard InChI is InChI=1S/C18H23N5O4/c1-11(2)21-18(26)15-5-13(9-23(15)8-12-3-4-27-10-12)22-17(25)14-6-20-16(24)7-19-14/h3-4,6-7,10-11,13,15H,5,8-9H2,1-2H3,(H,20,24)(H,21,26)(H,22,25)/t13-,15+/m1/s1. The summed E-state index contributed by atoms with van der Waals surface area (Å²) in [6, 6.07) is 1.33. The van der Waals surface area contributed by atoms with Gasteiger partial charge in [-0.2, -0.15) is 0 Å². The molecule has 9 nitrogen and oxygen atoms in total. The maximum absolute atomic E-state index is 12.6. The minimum absolute atomic E-state index is 0.0345. The number of aromatic amines is 1. The van der Waals surface area contributed by atoms with Crippen molar-refractivity contribution in [3.05, 3.63) is 52.6 Å². The van der Waals surface area contributed by atoms with Crippen molar-refractivity contribution < 1.29 is 14.0 Å². The third kappa shape index (κ3) is 4.82. The highest BCUT2D eigenvalue weighted by atomic mass is 16.3. The number of nitrogens with one attached hydrogen (secondary N) is 3. The lowest BCUT2D eigenvalue weighted by atomic mass is 10.1. The van der Waals surface area contributed by atoms with Crippen molar-refractivity contribution in [1.29, 1.82) is 0 Å². The predicted octanol–water partition coefficient (Wildman–Crippen LogP) is 0.260. The third-order valence-corrected chi connectivity index (χ3v) is 4.34. The predicted molar refractivity (Wildman–Crippen MR) is 96.9 cm³/mol. The number of likely N-dealkylation sites (tertiary alicyclic amines) is 1. The van der Waals surface area contributed by atoms with Gasteiger partial charge in [0.1, 0.15) is 5.69 Å². The normalized spacial score (nSPS) is 20.0. The van der Waals surface area contributed by atoms with E-state index in [1.807, 2.05) is 24.8 Å². The molecule has 2 amide bonds. The van der Waals surface area contributed by atoms with E-state index in [2.05, 4.69) is 20.6 Å². The Hall–Kier alpha value is -2.94. The molecule has 27 heavy (non-hydrogen) atoms. The van der Waals surface area contributed by atoms with Gasteiger partial charge in [-0.15, -0.1) is 0 Å². The van der Waals surface area contributed by atoms with E-state index >= 15 is 0 Å². The van der Waals surface area contributed by atoms with Crippen LogP contribution in [0.25, 0.3) is 0 Å². The van der Waals surface area contributed by atoms with Gasteiger partial charge in [-0.1, -0.05) is 0 Å². The molecule has 0 spiro atoms. The molecule has 9 heteroatoms. The van der Waals surface area contributed by atoms with Crippen LogP contribution in [0, 0.1) is 0 Å². The molecule has 1 aliphatic heterocycles. The number of H-pyrrole nitrogens is 1. The van der Waals surface area contributed by atoms with Gasteiger partial charge in [0.2, 0.25) is 5.91 Å². The highest BCUT2D eigenvalue weighted by molar-refractivity contribution is 5.92. The molecule has 2 aromatic rings. The van der Waals surface area contributed by atoms with Crippen molar-refractivity contribution >= 4 is 11.8 Å². The van der Waals surface area contributed by atoms with E-state index in [0.29, 0.717) is 19.5 Å². The van der Waals surface area contributed by atoms with Crippen molar-refractivity contribution in [3.8, 4) is 0 Å². The minimum Gasteiger partial charge on any atom is -0.472 e. The molecule has 0 radical (unpaired) electrons. The SMILES string of the molecule is CC(C)NC(=O)[C@@H]1C[C@@H](NC(=O)c2c[nH]c(=O)cn2)CN1Cc1ccoc1. The van der Waals surface area contributed by atoms with E-state index in [1.54, 1.807) is 12.5 Å². The number of aromatic nitrogens is 2. The Morgan fingerprint density at radius 3 is 2.89 bits per heavy atom. The number of furan rings is 1. The summed E-state index contributed by atoms with van der Waals surface area (Å²) < 4.78 is 5.11. The molecule has 0 bridgehead atoms. The van der Waals surface area contributed by atoms with Gasteiger partial charge in [0.15, 0.2) is 0 Å². The highest BCUT2D eigenvalue weighted by Gasteiger charge is 2.37. The van der Waals surface area contributed by atoms with E-state index in [9.17, 15) is 14.4 Å². The van der Waals surface area contributed by atoms with Crippen LogP contribution < -0.4 is 16.2 Å². The van der Waals surface area contributed by atoms with Crippen LogP contribution in [0.5, 0.6) is 0 Å². The van der Waals surface area contributed by atoms with Crippen molar-refractivity contribution in [2.75, 3.05) is 6.54 Å². The number of nitrogens with zero attached hydrogens (tertiary/aromatic N) is 2. The van der Waals surface area contributed by atoms with Crippen LogP contribution in [-0.4, -0.2) is 51.4 Å². The first-order valence-electron chi connectivity index (χ1n) is 8.83. The zero-order valence-electron chi connectivity index (χ0n) is 15.3. The molecule has 2 aromatic heterocycles. The monoisotopic (exact) mass is 373 g/mol. The second-order valence-corrected chi connectivity index (χ2v) is 6.94. The van der Waals surface area contributed by atoms with E-state index in [1.165, 1.54) is 6.20 Å². The van der Waals surface area contributed by atoms with Crippen LogP contribution in [0.15, 0.2) is 40.2 Å². The first kappa shape index (κ1) is 18.8. The minimum atomic E-state index is -0.385. The molecular formula is C18H23N5O4. The second-order valence-electron chi connectivity index (χ2n) is 6.94. The highest BCUT2D eigenvalue weighted by Crippen LogP contribution is 2.21. The molecule has 144 valence electrons. The lowest BCUT2D eigenvalue weighted by Crippen LogP contribution is -2.45. The summed E-state index contributed by atoms with van der Waals surface area (Å²) in [6.45, 7) is 4.90. The Kier molecular flexibility index (Phi) is 5.70. The largest absolute Gasteiger partial charge is 0.472 e. The summed E-state index contributed by atoms with van der Waals surface area (Å²) >= 11 is 0. The molecule has 0 unspecified atom stereocenters. The lowest BCUT2D eigenvalue weighted by molar-refractivity contribution is -0.126. The smallest absolute Gasteiger partial charge is 0.271 e. The fraction of sp³-hybridized carbons (Fsp3) is 0.444. The van der Waals surface area contributed by atoms with E-state index in [4.69, 9.17) is 4.42 Å². The van der Waals surface area contributed by atoms with Crippen molar-refractivity contribution in [2.45, 2.75) is 44.9 Å². The zero-order chi connectivity index (χ0) is 19.4. The summed E-state index contributed by atoms with van der Waals surface area (Å²) in [7, 11) is 0. The van der Waals surface area contributed by atoms with E-state index in [-0.39, 0.29) is 41.2 Å². The fourth-order valence-corrected chi connectivity index (χ4v) is 3.18. The molecule has 1 aliphatic rings. The topological polar surface area (TPSA) is 120 Å². The van der Waals surface area contributed by atoms with E-state index in [0.717, 1.165) is 11.8 Å². The van der Waals surface area contributed by atoms with Gasteiger partial charge >= 0.3 is 0 Å². The molecule has 1 saturated heterocycles. The number of rotatable bonds is 6. The van der Waals surface area contributed by atoms with Gasteiger partial charge in [-0.3, -0.25) is 19.3 Å². The van der Waals surface area contributed by atoms with Crippen LogP contribution >= 0.6 is 0 Å². The number of carbonyl (C=O) groups excluding carboxylic acids is 2. The molecule has 0 aromatic carbocycles. The Balaban J connectivity index is 1.69. The number of hydrogen-bond acceptors (Lipinski definition) is 6. The van der Waals surface area contributed by atoms with Gasteiger partial charge in [0, 0.05) is 36.9 Å². The molecule has 3 N–H and O–H groups in total. The van der Waals surface area contributed by atoms with Crippen LogP contribution in [0.1, 0.15) is 36.3 Å². The van der Waals surface area contributed by atoms with Crippen molar-refractivity contribution in [1.82, 2.24) is 25.5 Å². The molecule has 0 aliphatic carbocycles. The quantitative estimate of drug-likeness (QED) is 0.668. The molecular weight excluding hydrogens is 350 g/mol. The number of amides is 2. The summed E-state index contributed by atoms with van der Waals surface area (Å²) in [4.78, 5) is 44.3. The third-order valence-electron chi connectivity index (χ3n) is 4.34. The fourth-order valence-electron chi connectivity index (χ4n) is 3.18. The van der Waals surface area contributed by atoms with Gasteiger partial charge in [0.05, 0.1) is 24.8 Å². The average molecular weight is 373 g/mol. The number of hydrogen-bond donors (Lipinski definition) is 3. The Bertz CT molecular complexity index is 825. The lowest BCUT2D eigenvalue weighted by Gasteiger charge is -2.23. The van der Waals surface area contributed by atoms with E-state index < -0.39 is 0 Å². The maximum atomic E-state index is 12.6. The van der Waals surface area contributed by atoms with Crippen LogP contribution in [-0.2, 0) is 11.3 Å². The van der Waals surface area contributed by atoms with Crippen molar-refractivity contribution in [2.24, 2.45) is 0 Å². The second kappa shape index (κ2) is 8.17. The first-order chi connectivity index (χ1) is 12.9. The van der Waals surface area contributed by atoms with Gasteiger partial charge < -0.3 is 20.0 Å². The average Bonchev–Trinajstić information content (AvgIpc) is 3.25. The first-order valence-corrected chi connectivity index (χ1v) is 8.83. The Morgan fingerprint density at radius 1 is 1.44 bits per heavy atom. The molecule has 1 fully saturated rings. The Labute approximate surface area is 156 Å². The Morgan fingerprint density at radius 2 is 2.26 bits per heavy atom. The van der Waals surface area contributed by atoms with Gasteiger partial charge in [-0.05, 0) is 26.3 Å². The van der Waals surface area contributed by atoms with Crippen molar-refractivity contribution in [3.63, 3.8) is 0 Å². The van der Waals surface area contributed by atoms with Crippen LogP contribution in [0.3, 0.4) is 0 Å². The van der Waals surface area contributed by atoms with Crippen LogP contribution in [0.4, 0.5) is 0 Å². The number of carbonyl (C=O) groups is 2. The van der Waals surface area contributed by atoms with Crippen LogP contribution in [0.2, 0.25) is 0 Å². The summed E-state index contributed by atoms with van der Waals surface area (Å²) in [5.74, 6) is -0.447. The van der Waals surface area contributed by atoms with Gasteiger partial charge in [0.25, 0.3) is 11.5 Å². The summed E-state index contributed by atoms with van der Waals surface area (Å²) in [5.41, 5.74) is 0.724. The van der Waals surface area contributed by atoms with Gasteiger partial charge in [-0.25, -0.2) is 4.98 Å². The molecule has 2 atom stereocenters.